The number of amidine groups is 1. The van der Waals surface area contributed by atoms with Crippen molar-refractivity contribution < 1.29 is 18.0 Å². The quantitative estimate of drug-likeness (QED) is 0.0860. The number of urea groups is 1. The number of rotatable bonds is 11. The van der Waals surface area contributed by atoms with E-state index in [9.17, 15) is 18.0 Å². The first-order valence-corrected chi connectivity index (χ1v) is 16.0. The van der Waals surface area contributed by atoms with Crippen LogP contribution in [-0.4, -0.2) is 28.3 Å². The van der Waals surface area contributed by atoms with Crippen LogP contribution < -0.4 is 10.0 Å². The second-order valence-corrected chi connectivity index (χ2v) is 12.8. The van der Waals surface area contributed by atoms with E-state index in [1.54, 1.807) is 12.1 Å². The van der Waals surface area contributed by atoms with Gasteiger partial charge in [-0.3, -0.25) is 10.3 Å². The largest absolute Gasteiger partial charge is 0.419 e. The van der Waals surface area contributed by atoms with Crippen molar-refractivity contribution in [3.05, 3.63) is 113 Å². The van der Waals surface area contributed by atoms with Crippen molar-refractivity contribution in [3.63, 3.8) is 0 Å². The van der Waals surface area contributed by atoms with Crippen LogP contribution >= 0.6 is 11.9 Å². The van der Waals surface area contributed by atoms with Crippen molar-refractivity contribution in [2.45, 2.75) is 70.0 Å². The lowest BCUT2D eigenvalue weighted by atomic mass is 9.87. The summed E-state index contributed by atoms with van der Waals surface area (Å²) in [5.41, 5.74) is 3.59. The number of hydrogen-bond acceptors (Lipinski definition) is 5. The van der Waals surface area contributed by atoms with Gasteiger partial charge in [-0.25, -0.2) is 9.78 Å². The predicted molar refractivity (Wildman–Crippen MR) is 181 cm³/mol. The van der Waals surface area contributed by atoms with Crippen LogP contribution in [-0.2, 0) is 24.6 Å². The molecular weight excluding hydrogens is 607 g/mol. The number of benzene rings is 3. The van der Waals surface area contributed by atoms with Crippen molar-refractivity contribution in [3.8, 4) is 11.3 Å². The molecule has 3 aromatic carbocycles. The Morgan fingerprint density at radius 3 is 2.15 bits per heavy atom. The summed E-state index contributed by atoms with van der Waals surface area (Å²) in [6.45, 7) is 9.10. The van der Waals surface area contributed by atoms with Gasteiger partial charge in [0.05, 0.1) is 11.3 Å². The van der Waals surface area contributed by atoms with Gasteiger partial charge >= 0.3 is 12.2 Å². The van der Waals surface area contributed by atoms with Crippen LogP contribution in [0.5, 0.6) is 0 Å². The van der Waals surface area contributed by atoms with Crippen LogP contribution in [0.3, 0.4) is 0 Å². The molecule has 6 nitrogen and oxygen atoms in total. The number of hydrogen-bond donors (Lipinski definition) is 3. The minimum Gasteiger partial charge on any atom is -0.334 e. The number of carbonyl (C=O) groups is 1. The van der Waals surface area contributed by atoms with E-state index in [0.717, 1.165) is 34.0 Å². The van der Waals surface area contributed by atoms with E-state index in [4.69, 9.17) is 5.41 Å². The van der Waals surface area contributed by atoms with Crippen molar-refractivity contribution in [2.75, 3.05) is 11.3 Å². The Labute approximate surface area is 273 Å². The monoisotopic (exact) mass is 647 g/mol. The SMILES string of the molecule is CCN(C(=N)CCCc1ccc(-c2ccc(C(F)(F)F)c(NSc3ccccc3)n2)cc1)C(=O)NCc1ccc(C(C)(C)C)cc1. The summed E-state index contributed by atoms with van der Waals surface area (Å²) in [4.78, 5) is 19.4. The summed E-state index contributed by atoms with van der Waals surface area (Å²) in [5, 5.41) is 11.4. The molecule has 4 rings (SSSR count). The van der Waals surface area contributed by atoms with E-state index in [1.165, 1.54) is 16.5 Å². The molecule has 46 heavy (non-hydrogen) atoms. The summed E-state index contributed by atoms with van der Waals surface area (Å²) in [6.07, 6.45) is -2.77. The maximum atomic E-state index is 13.7. The number of amides is 2. The third-order valence-corrected chi connectivity index (χ3v) is 8.29. The first kappa shape index (κ1) is 34.6. The minimum atomic E-state index is -4.55. The van der Waals surface area contributed by atoms with Crippen molar-refractivity contribution in [2.24, 2.45) is 0 Å². The summed E-state index contributed by atoms with van der Waals surface area (Å²) in [5.74, 6) is 0.00598. The molecule has 0 unspecified atom stereocenters. The normalized spacial score (nSPS) is 11.6. The summed E-state index contributed by atoms with van der Waals surface area (Å²) >= 11 is 1.07. The lowest BCUT2D eigenvalue weighted by Gasteiger charge is -2.22. The van der Waals surface area contributed by atoms with Gasteiger partial charge in [0, 0.05) is 30.0 Å². The molecule has 0 saturated carbocycles. The van der Waals surface area contributed by atoms with Crippen LogP contribution in [0.15, 0.2) is 95.9 Å². The first-order chi connectivity index (χ1) is 21.8. The van der Waals surface area contributed by atoms with Crippen LogP contribution in [0.25, 0.3) is 11.3 Å². The van der Waals surface area contributed by atoms with Crippen LogP contribution in [0, 0.1) is 5.41 Å². The lowest BCUT2D eigenvalue weighted by molar-refractivity contribution is -0.137. The Bertz CT molecular complexity index is 1600. The van der Waals surface area contributed by atoms with Crippen LogP contribution in [0.1, 0.15) is 62.8 Å². The molecule has 0 radical (unpaired) electrons. The van der Waals surface area contributed by atoms with Crippen molar-refractivity contribution in [1.82, 2.24) is 15.2 Å². The molecule has 4 aromatic rings. The van der Waals surface area contributed by atoms with Gasteiger partial charge in [-0.15, -0.1) is 0 Å². The second kappa shape index (κ2) is 15.3. The molecule has 0 aliphatic rings. The molecule has 242 valence electrons. The molecule has 0 atom stereocenters. The third kappa shape index (κ3) is 9.59. The highest BCUT2D eigenvalue weighted by Gasteiger charge is 2.34. The van der Waals surface area contributed by atoms with Crippen molar-refractivity contribution in [1.29, 1.82) is 5.41 Å². The maximum Gasteiger partial charge on any atom is 0.419 e. The first-order valence-electron chi connectivity index (χ1n) is 15.2. The van der Waals surface area contributed by atoms with Crippen molar-refractivity contribution >= 4 is 29.6 Å². The minimum absolute atomic E-state index is 0.0605. The van der Waals surface area contributed by atoms with Gasteiger partial charge in [0.2, 0.25) is 0 Å². The van der Waals surface area contributed by atoms with Gasteiger partial charge in [-0.05, 0) is 78.1 Å². The number of carbonyl (C=O) groups excluding carboxylic acids is 1. The second-order valence-electron chi connectivity index (χ2n) is 12.0. The zero-order valence-electron chi connectivity index (χ0n) is 26.5. The molecule has 1 aromatic heterocycles. The number of aromatic nitrogens is 1. The van der Waals surface area contributed by atoms with Gasteiger partial charge in [-0.1, -0.05) is 87.5 Å². The zero-order chi connectivity index (χ0) is 33.3. The molecule has 2 amide bonds. The Hall–Kier alpha value is -4.31. The van der Waals surface area contributed by atoms with Gasteiger partial charge < -0.3 is 10.0 Å². The van der Waals surface area contributed by atoms with Gasteiger partial charge in [0.25, 0.3) is 0 Å². The molecule has 10 heteroatoms. The van der Waals surface area contributed by atoms with Gasteiger partial charge in [0.15, 0.2) is 0 Å². The van der Waals surface area contributed by atoms with E-state index in [1.807, 2.05) is 61.5 Å². The van der Waals surface area contributed by atoms with E-state index in [0.29, 0.717) is 43.6 Å². The average molecular weight is 648 g/mol. The number of anilines is 1. The highest BCUT2D eigenvalue weighted by molar-refractivity contribution is 8.00. The van der Waals surface area contributed by atoms with E-state index >= 15 is 0 Å². The zero-order valence-corrected chi connectivity index (χ0v) is 27.4. The van der Waals surface area contributed by atoms with E-state index < -0.39 is 11.7 Å². The van der Waals surface area contributed by atoms with Crippen LogP contribution in [0.2, 0.25) is 0 Å². The molecule has 0 fully saturated rings. The Balaban J connectivity index is 1.31. The summed E-state index contributed by atoms with van der Waals surface area (Å²) in [6, 6.07) is 26.9. The summed E-state index contributed by atoms with van der Waals surface area (Å²) < 4.78 is 43.8. The van der Waals surface area contributed by atoms with Crippen LogP contribution in [0.4, 0.5) is 23.8 Å². The number of nitrogens with zero attached hydrogens (tertiary/aromatic N) is 2. The average Bonchev–Trinajstić information content (AvgIpc) is 3.03. The molecular formula is C36H40F3N5OS. The Kier molecular flexibility index (Phi) is 11.5. The van der Waals surface area contributed by atoms with Gasteiger partial charge in [0.1, 0.15) is 11.7 Å². The molecule has 0 aliphatic carbocycles. The maximum absolute atomic E-state index is 13.7. The molecule has 0 bridgehead atoms. The molecule has 1 heterocycles. The standard InChI is InChI=1S/C36H40F3N5OS/c1-5-44(34(45)41-24-26-16-20-28(21-17-26)35(2,3)4)32(40)13-9-10-25-14-18-27(19-15-25)31-23-22-30(36(37,38)39)33(42-31)43-46-29-11-7-6-8-12-29/h6-8,11-12,14-23,40H,5,9-10,13,24H2,1-4H3,(H,41,45)(H,42,43). The van der Waals surface area contributed by atoms with E-state index in [-0.39, 0.29) is 23.1 Å². The van der Waals surface area contributed by atoms with Gasteiger partial charge in [-0.2, -0.15) is 13.2 Å². The highest BCUT2D eigenvalue weighted by atomic mass is 32.2. The number of halogens is 3. The molecule has 0 aliphatic heterocycles. The summed E-state index contributed by atoms with van der Waals surface area (Å²) in [7, 11) is 0. The number of pyridine rings is 1. The number of aryl methyl sites for hydroxylation is 1. The fourth-order valence-electron chi connectivity index (χ4n) is 4.81. The Morgan fingerprint density at radius 2 is 1.54 bits per heavy atom. The highest BCUT2D eigenvalue weighted by Crippen LogP contribution is 2.37. The lowest BCUT2D eigenvalue weighted by Crippen LogP contribution is -2.43. The topological polar surface area (TPSA) is 81.1 Å². The Morgan fingerprint density at radius 1 is 0.891 bits per heavy atom. The fourth-order valence-corrected chi connectivity index (χ4v) is 5.48. The smallest absolute Gasteiger partial charge is 0.334 e. The molecule has 3 N–H and O–H groups in total. The molecule has 0 spiro atoms. The fraction of sp³-hybridized carbons (Fsp3) is 0.306. The number of nitrogens with one attached hydrogen (secondary N) is 3. The molecule has 0 saturated heterocycles. The number of alkyl halides is 3. The predicted octanol–water partition coefficient (Wildman–Crippen LogP) is 9.72. The third-order valence-electron chi connectivity index (χ3n) is 7.49. The van der Waals surface area contributed by atoms with E-state index in [2.05, 4.69) is 47.9 Å².